The Kier molecular flexibility index (Phi) is 10.9. The van der Waals surface area contributed by atoms with Crippen LogP contribution in [0.15, 0.2) is 59.7 Å². The molecule has 0 bridgehead atoms. The van der Waals surface area contributed by atoms with Gasteiger partial charge < -0.3 is 30.2 Å². The number of nitrogens with one attached hydrogen (secondary N) is 3. The molecule has 16 heteroatoms. The normalized spacial score (nSPS) is 15.9. The lowest BCUT2D eigenvalue weighted by atomic mass is 10.0. The van der Waals surface area contributed by atoms with E-state index in [9.17, 15) is 4.57 Å². The molecule has 2 aromatic carbocycles. The number of fused-ring (bicyclic) bond motifs is 1. The van der Waals surface area contributed by atoms with E-state index in [-0.39, 0.29) is 12.4 Å². The molecule has 13 nitrogen and oxygen atoms in total. The number of halogens is 2. The molecule has 5 aromatic rings. The largest absolute Gasteiger partial charge is 0.494 e. The Labute approximate surface area is 306 Å². The fourth-order valence-corrected chi connectivity index (χ4v) is 8.50. The summed E-state index contributed by atoms with van der Waals surface area (Å²) in [6.45, 7) is 9.58. The van der Waals surface area contributed by atoms with E-state index in [4.69, 9.17) is 9.72 Å². The van der Waals surface area contributed by atoms with E-state index in [1.54, 1.807) is 39.0 Å². The van der Waals surface area contributed by atoms with Gasteiger partial charge >= 0.3 is 0 Å². The predicted molar refractivity (Wildman–Crippen MR) is 207 cm³/mol. The van der Waals surface area contributed by atoms with E-state index in [2.05, 4.69) is 73.9 Å². The van der Waals surface area contributed by atoms with E-state index in [1.165, 1.54) is 12.8 Å². The minimum Gasteiger partial charge on any atom is -0.494 e. The first-order valence-corrected chi connectivity index (χ1v) is 19.8. The van der Waals surface area contributed by atoms with Gasteiger partial charge in [-0.05, 0) is 73.4 Å². The molecule has 2 fully saturated rings. The third kappa shape index (κ3) is 7.59. The number of ether oxygens (including phenoxy) is 1. The molecule has 2 saturated heterocycles. The SMILES string of the molecule is COc1cc(N2CCN(C3CCNCC3)CC2)c(-c2cnn(C)c2)cc1Nc1ncc(Br)c(Nc2ccc3nccnc3c2P(C)(C)=O)n1.Cl. The van der Waals surface area contributed by atoms with Gasteiger partial charge in [0.15, 0.2) is 0 Å². The summed E-state index contributed by atoms with van der Waals surface area (Å²) in [4.78, 5) is 23.4. The van der Waals surface area contributed by atoms with Gasteiger partial charge in [0.05, 0.1) is 40.0 Å². The molecule has 2 aliphatic rings. The Bertz CT molecular complexity index is 2030. The van der Waals surface area contributed by atoms with E-state index in [0.717, 1.165) is 61.8 Å². The lowest BCUT2D eigenvalue weighted by molar-refractivity contribution is 0.153. The number of anilines is 5. The molecule has 2 aliphatic heterocycles. The number of piperidine rings is 1. The van der Waals surface area contributed by atoms with Gasteiger partial charge in [0, 0.05) is 86.9 Å². The van der Waals surface area contributed by atoms with Gasteiger partial charge in [-0.3, -0.25) is 19.5 Å². The third-order valence-electron chi connectivity index (χ3n) is 9.21. The molecule has 0 radical (unpaired) electrons. The van der Waals surface area contributed by atoms with Crippen LogP contribution in [0.25, 0.3) is 22.2 Å². The van der Waals surface area contributed by atoms with Crippen LogP contribution in [0.5, 0.6) is 5.75 Å². The van der Waals surface area contributed by atoms with Crippen LogP contribution in [0.4, 0.5) is 28.8 Å². The number of benzene rings is 2. The quantitative estimate of drug-likeness (QED) is 0.160. The smallest absolute Gasteiger partial charge is 0.229 e. The maximum atomic E-state index is 13.5. The highest BCUT2D eigenvalue weighted by atomic mass is 79.9. The predicted octanol–water partition coefficient (Wildman–Crippen LogP) is 5.62. The number of aryl methyl sites for hydroxylation is 1. The molecule has 0 unspecified atom stereocenters. The van der Waals surface area contributed by atoms with Crippen LogP contribution in [0, 0.1) is 0 Å². The van der Waals surface area contributed by atoms with Crippen LogP contribution in [-0.4, -0.2) is 100 Å². The van der Waals surface area contributed by atoms with Crippen molar-refractivity contribution in [3.8, 4) is 16.9 Å². The third-order valence-corrected chi connectivity index (χ3v) is 11.3. The molecular weight excluding hydrogens is 741 g/mol. The van der Waals surface area contributed by atoms with Crippen molar-refractivity contribution in [2.24, 2.45) is 7.05 Å². The second-order valence-corrected chi connectivity index (χ2v) is 16.9. The number of methoxy groups -OCH3 is 1. The van der Waals surface area contributed by atoms with Crippen LogP contribution in [0.2, 0.25) is 0 Å². The van der Waals surface area contributed by atoms with Crippen LogP contribution in [0.3, 0.4) is 0 Å². The molecule has 0 amide bonds. The van der Waals surface area contributed by atoms with Crippen molar-refractivity contribution in [3.05, 3.63) is 59.7 Å². The number of aromatic nitrogens is 6. The van der Waals surface area contributed by atoms with Gasteiger partial charge in [-0.15, -0.1) is 12.4 Å². The molecule has 0 saturated carbocycles. The molecule has 0 spiro atoms. The Morgan fingerprint density at radius 1 is 0.980 bits per heavy atom. The highest BCUT2D eigenvalue weighted by Gasteiger charge is 2.28. The van der Waals surface area contributed by atoms with Gasteiger partial charge in [-0.25, -0.2) is 4.98 Å². The monoisotopic (exact) mass is 781 g/mol. The van der Waals surface area contributed by atoms with Gasteiger partial charge in [0.25, 0.3) is 0 Å². The molecule has 264 valence electrons. The second kappa shape index (κ2) is 15.2. The first-order chi connectivity index (χ1) is 23.7. The fraction of sp³-hybridized carbons (Fsp3) is 0.382. The average molecular weight is 783 g/mol. The zero-order valence-electron chi connectivity index (χ0n) is 28.6. The Hall–Kier alpha value is -3.81. The number of rotatable bonds is 9. The fourth-order valence-electron chi connectivity index (χ4n) is 6.82. The first-order valence-electron chi connectivity index (χ1n) is 16.4. The second-order valence-electron chi connectivity index (χ2n) is 12.9. The zero-order chi connectivity index (χ0) is 34.1. The maximum Gasteiger partial charge on any atom is 0.229 e. The number of hydrogen-bond acceptors (Lipinski definition) is 12. The lowest BCUT2D eigenvalue weighted by Crippen LogP contribution is -2.52. The summed E-state index contributed by atoms with van der Waals surface area (Å²) in [7, 11) is 0.842. The van der Waals surface area contributed by atoms with E-state index >= 15 is 0 Å². The van der Waals surface area contributed by atoms with Crippen LogP contribution in [-0.2, 0) is 11.6 Å². The van der Waals surface area contributed by atoms with Crippen molar-refractivity contribution >= 4 is 80.6 Å². The lowest BCUT2D eigenvalue weighted by Gasteiger charge is -2.42. The molecule has 0 atom stereocenters. The molecule has 3 aromatic heterocycles. The van der Waals surface area contributed by atoms with Crippen LogP contribution in [0.1, 0.15) is 12.8 Å². The Balaban J connectivity index is 0.00000432. The molecule has 5 heterocycles. The summed E-state index contributed by atoms with van der Waals surface area (Å²) in [5.74, 6) is 1.55. The zero-order valence-corrected chi connectivity index (χ0v) is 31.9. The van der Waals surface area contributed by atoms with Crippen molar-refractivity contribution in [3.63, 3.8) is 0 Å². The minimum absolute atomic E-state index is 0. The maximum absolute atomic E-state index is 13.5. The van der Waals surface area contributed by atoms with Gasteiger partial charge in [-0.2, -0.15) is 10.1 Å². The summed E-state index contributed by atoms with van der Waals surface area (Å²) in [6, 6.07) is 8.57. The molecule has 50 heavy (non-hydrogen) atoms. The molecule has 3 N–H and O–H groups in total. The van der Waals surface area contributed by atoms with Crippen molar-refractivity contribution < 1.29 is 9.30 Å². The molecule has 0 aliphatic carbocycles. The Morgan fingerprint density at radius 2 is 1.74 bits per heavy atom. The summed E-state index contributed by atoms with van der Waals surface area (Å²) in [5, 5.41) is 15.4. The van der Waals surface area contributed by atoms with Crippen LogP contribution >= 0.6 is 35.5 Å². The Morgan fingerprint density at radius 3 is 2.44 bits per heavy atom. The van der Waals surface area contributed by atoms with Gasteiger partial charge in [0.2, 0.25) is 5.95 Å². The highest BCUT2D eigenvalue weighted by molar-refractivity contribution is 9.10. The summed E-state index contributed by atoms with van der Waals surface area (Å²) in [6.07, 6.45) is 11.3. The standard InChI is InChI=1S/C34H41BrN11O2P.ClH/c1-44-21-22(19-40-44)24-17-28(30(48-2)18-29(24)46-15-13-45(14-16-46)23-7-9-36-10-8-23)42-34-39-20-25(35)33(43-34)41-27-6-5-26-31(38-12-11-37-26)32(27)49(3,4)47;/h5-6,11-12,17-21,23,36H,7-10,13-16H2,1-4H3,(H2,39,41,42,43);1H. The van der Waals surface area contributed by atoms with Crippen molar-refractivity contribution in [2.75, 3.05) is 75.2 Å². The number of piperazine rings is 1. The summed E-state index contributed by atoms with van der Waals surface area (Å²) >= 11 is 3.60. The number of hydrogen-bond donors (Lipinski definition) is 3. The van der Waals surface area contributed by atoms with Crippen molar-refractivity contribution in [1.29, 1.82) is 0 Å². The summed E-state index contributed by atoms with van der Waals surface area (Å²) in [5.41, 5.74) is 5.82. The highest BCUT2D eigenvalue weighted by Crippen LogP contribution is 2.43. The van der Waals surface area contributed by atoms with Crippen LogP contribution < -0.4 is 30.9 Å². The average Bonchev–Trinajstić information content (AvgIpc) is 3.55. The number of nitrogens with zero attached hydrogens (tertiary/aromatic N) is 8. The van der Waals surface area contributed by atoms with E-state index < -0.39 is 7.14 Å². The first kappa shape index (κ1) is 36.0. The van der Waals surface area contributed by atoms with Gasteiger partial charge in [0.1, 0.15) is 24.2 Å². The van der Waals surface area contributed by atoms with Gasteiger partial charge in [-0.1, -0.05) is 0 Å². The summed E-state index contributed by atoms with van der Waals surface area (Å²) < 4.78 is 21.9. The van der Waals surface area contributed by atoms with E-state index in [0.29, 0.717) is 50.1 Å². The minimum atomic E-state index is -2.76. The molecular formula is C34H42BrClN11O2P. The topological polar surface area (TPSA) is 138 Å². The van der Waals surface area contributed by atoms with Crippen molar-refractivity contribution in [1.82, 2.24) is 39.9 Å². The van der Waals surface area contributed by atoms with E-state index in [1.807, 2.05) is 36.3 Å². The van der Waals surface area contributed by atoms with Crippen molar-refractivity contribution in [2.45, 2.75) is 18.9 Å². The molecule has 7 rings (SSSR count).